The van der Waals surface area contributed by atoms with Crippen LogP contribution in [0.5, 0.6) is 0 Å². The summed E-state index contributed by atoms with van der Waals surface area (Å²) in [6.45, 7) is 0.177. The Balaban J connectivity index is 0.000000677. The smallest absolute Gasteiger partial charge is 0.322 e. The van der Waals surface area contributed by atoms with Gasteiger partial charge in [0.1, 0.15) is 11.9 Å². The maximum Gasteiger partial charge on any atom is 0.322 e. The van der Waals surface area contributed by atoms with Crippen molar-refractivity contribution in [2.45, 2.75) is 23.8 Å². The van der Waals surface area contributed by atoms with E-state index < -0.39 is 27.9 Å². The third-order valence-electron chi connectivity index (χ3n) is 2.91. The number of halogens is 1. The summed E-state index contributed by atoms with van der Waals surface area (Å²) >= 11 is 0. The van der Waals surface area contributed by atoms with E-state index >= 15 is 0 Å². The second-order valence-corrected chi connectivity index (χ2v) is 6.36. The van der Waals surface area contributed by atoms with Crippen molar-refractivity contribution in [3.05, 3.63) is 30.1 Å². The maximum absolute atomic E-state index is 12.8. The Bertz CT molecular complexity index is 573. The molecule has 1 unspecified atom stereocenters. The number of nitrogens with zero attached hydrogens (tertiary/aromatic N) is 1. The molecule has 0 aliphatic carbocycles. The molecule has 1 aromatic rings. The van der Waals surface area contributed by atoms with Crippen LogP contribution in [0, 0.1) is 5.82 Å². The molecule has 1 aliphatic rings. The molecule has 118 valence electrons. The minimum atomic E-state index is -3.86. The minimum absolute atomic E-state index is 0.0861. The van der Waals surface area contributed by atoms with Crippen molar-refractivity contribution in [1.82, 2.24) is 4.31 Å². The number of carboxylic acid groups (broad SMARTS) is 1. The Morgan fingerprint density at radius 2 is 1.86 bits per heavy atom. The zero-order chi connectivity index (χ0) is 16.0. The lowest BCUT2D eigenvalue weighted by atomic mass is 10.2. The highest BCUT2D eigenvalue weighted by molar-refractivity contribution is 7.89. The van der Waals surface area contributed by atoms with Gasteiger partial charge in [-0.3, -0.25) is 4.79 Å². The molecule has 1 fully saturated rings. The lowest BCUT2D eigenvalue weighted by molar-refractivity contribution is -0.140. The maximum atomic E-state index is 12.8. The number of methoxy groups -OCH3 is 1. The van der Waals surface area contributed by atoms with Crippen molar-refractivity contribution in [2.75, 3.05) is 20.8 Å². The molecule has 1 atom stereocenters. The average Bonchev–Trinajstić information content (AvgIpc) is 2.90. The van der Waals surface area contributed by atoms with E-state index in [0.717, 1.165) is 28.6 Å². The first-order valence-electron chi connectivity index (χ1n) is 6.25. The summed E-state index contributed by atoms with van der Waals surface area (Å²) in [7, 11) is -0.614. The van der Waals surface area contributed by atoms with Crippen molar-refractivity contribution in [1.29, 1.82) is 0 Å². The van der Waals surface area contributed by atoms with Crippen LogP contribution in [0.3, 0.4) is 0 Å². The van der Waals surface area contributed by atoms with Gasteiger partial charge >= 0.3 is 5.97 Å². The largest absolute Gasteiger partial charge is 0.480 e. The number of benzene rings is 1. The summed E-state index contributed by atoms with van der Waals surface area (Å²) in [5.74, 6) is -1.69. The summed E-state index contributed by atoms with van der Waals surface area (Å²) in [6, 6.07) is 3.33. The van der Waals surface area contributed by atoms with Gasteiger partial charge in [0.05, 0.1) is 4.90 Å². The van der Waals surface area contributed by atoms with Crippen LogP contribution in [0.2, 0.25) is 0 Å². The number of sulfonamides is 1. The van der Waals surface area contributed by atoms with Gasteiger partial charge in [-0.2, -0.15) is 4.31 Å². The molecule has 1 heterocycles. The molecule has 21 heavy (non-hydrogen) atoms. The molecule has 0 radical (unpaired) electrons. The summed E-state index contributed by atoms with van der Waals surface area (Å²) in [4.78, 5) is 10.9. The van der Waals surface area contributed by atoms with Gasteiger partial charge in [0.2, 0.25) is 10.0 Å². The Morgan fingerprint density at radius 3 is 2.33 bits per heavy atom. The molecule has 0 aromatic heterocycles. The Hall–Kier alpha value is -1.51. The van der Waals surface area contributed by atoms with Crippen LogP contribution in [0.4, 0.5) is 4.39 Å². The van der Waals surface area contributed by atoms with Crippen LogP contribution < -0.4 is 0 Å². The van der Waals surface area contributed by atoms with Crippen molar-refractivity contribution in [3.63, 3.8) is 0 Å². The Morgan fingerprint density at radius 1 is 1.33 bits per heavy atom. The van der Waals surface area contributed by atoms with E-state index in [0.29, 0.717) is 12.8 Å². The van der Waals surface area contributed by atoms with Gasteiger partial charge in [0.25, 0.3) is 0 Å². The van der Waals surface area contributed by atoms with Crippen LogP contribution in [0.1, 0.15) is 12.8 Å². The van der Waals surface area contributed by atoms with E-state index in [1.165, 1.54) is 0 Å². The van der Waals surface area contributed by atoms with Gasteiger partial charge in [-0.1, -0.05) is 0 Å². The van der Waals surface area contributed by atoms with Crippen LogP contribution in [0.15, 0.2) is 29.2 Å². The quantitative estimate of drug-likeness (QED) is 0.908. The van der Waals surface area contributed by atoms with E-state index in [4.69, 9.17) is 5.11 Å². The number of rotatable bonds is 3. The van der Waals surface area contributed by atoms with Crippen LogP contribution >= 0.6 is 0 Å². The molecule has 0 saturated carbocycles. The molecule has 1 N–H and O–H groups in total. The first-order valence-corrected chi connectivity index (χ1v) is 7.69. The topological polar surface area (TPSA) is 83.9 Å². The monoisotopic (exact) mass is 319 g/mol. The highest BCUT2D eigenvalue weighted by Crippen LogP contribution is 2.26. The second kappa shape index (κ2) is 7.48. The SMILES string of the molecule is COC.O=C(O)C1CCCN1S(=O)(=O)c1ccc(F)cc1. The molecular formula is C13H18FNO5S. The van der Waals surface area contributed by atoms with E-state index in [-0.39, 0.29) is 11.4 Å². The fourth-order valence-electron chi connectivity index (χ4n) is 2.02. The minimum Gasteiger partial charge on any atom is -0.480 e. The predicted molar refractivity (Wildman–Crippen MR) is 73.9 cm³/mol. The lowest BCUT2D eigenvalue weighted by Crippen LogP contribution is -2.40. The molecule has 0 amide bonds. The summed E-state index contributed by atoms with van der Waals surface area (Å²) < 4.78 is 42.4. The van der Waals surface area contributed by atoms with Crippen molar-refractivity contribution in [3.8, 4) is 0 Å². The third-order valence-corrected chi connectivity index (χ3v) is 4.83. The third kappa shape index (κ3) is 4.23. The molecule has 0 spiro atoms. The zero-order valence-corrected chi connectivity index (χ0v) is 12.6. The molecular weight excluding hydrogens is 301 g/mol. The highest BCUT2D eigenvalue weighted by Gasteiger charge is 2.39. The van der Waals surface area contributed by atoms with E-state index in [9.17, 15) is 17.6 Å². The number of hydrogen-bond donors (Lipinski definition) is 1. The van der Waals surface area contributed by atoms with Crippen LogP contribution in [0.25, 0.3) is 0 Å². The van der Waals surface area contributed by atoms with Gasteiger partial charge in [-0.05, 0) is 37.1 Å². The molecule has 0 bridgehead atoms. The molecule has 2 rings (SSSR count). The zero-order valence-electron chi connectivity index (χ0n) is 11.8. The second-order valence-electron chi connectivity index (χ2n) is 4.47. The fraction of sp³-hybridized carbons (Fsp3) is 0.462. The number of ether oxygens (including phenoxy) is 1. The summed E-state index contributed by atoms with van der Waals surface area (Å²) in [5, 5.41) is 8.97. The van der Waals surface area contributed by atoms with Crippen LogP contribution in [-0.4, -0.2) is 50.6 Å². The van der Waals surface area contributed by atoms with E-state index in [1.54, 1.807) is 14.2 Å². The molecule has 8 heteroatoms. The van der Waals surface area contributed by atoms with Gasteiger partial charge in [0.15, 0.2) is 0 Å². The van der Waals surface area contributed by atoms with Crippen molar-refractivity contribution < 1.29 is 27.4 Å². The molecule has 1 aliphatic heterocycles. The van der Waals surface area contributed by atoms with Crippen LogP contribution in [-0.2, 0) is 19.6 Å². The van der Waals surface area contributed by atoms with Gasteiger partial charge in [-0.25, -0.2) is 12.8 Å². The standard InChI is InChI=1S/C11H12FNO4S.C2H6O/c12-8-3-5-9(6-4-8)18(16,17)13-7-1-2-10(13)11(14)15;1-3-2/h3-6,10H,1-2,7H2,(H,14,15);1-2H3. The number of carbonyl (C=O) groups is 1. The van der Waals surface area contributed by atoms with Crippen molar-refractivity contribution in [2.24, 2.45) is 0 Å². The highest BCUT2D eigenvalue weighted by atomic mass is 32.2. The molecule has 1 aromatic carbocycles. The first-order chi connectivity index (χ1) is 9.84. The van der Waals surface area contributed by atoms with Gasteiger partial charge in [-0.15, -0.1) is 0 Å². The number of carboxylic acids is 1. The Labute approximate surface area is 123 Å². The Kier molecular flexibility index (Phi) is 6.25. The average molecular weight is 319 g/mol. The molecule has 1 saturated heterocycles. The molecule has 6 nitrogen and oxygen atoms in total. The first kappa shape index (κ1) is 17.5. The summed E-state index contributed by atoms with van der Waals surface area (Å²) in [6.07, 6.45) is 0.813. The van der Waals surface area contributed by atoms with Gasteiger partial charge < -0.3 is 9.84 Å². The fourth-order valence-corrected chi connectivity index (χ4v) is 3.67. The van der Waals surface area contributed by atoms with E-state index in [2.05, 4.69) is 4.74 Å². The lowest BCUT2D eigenvalue weighted by Gasteiger charge is -2.20. The normalized spacial score (nSPS) is 18.9. The summed E-state index contributed by atoms with van der Waals surface area (Å²) in [5.41, 5.74) is 0. The number of aliphatic carboxylic acids is 1. The van der Waals surface area contributed by atoms with Crippen molar-refractivity contribution >= 4 is 16.0 Å². The predicted octanol–water partition coefficient (Wildman–Crippen LogP) is 1.33. The van der Waals surface area contributed by atoms with Gasteiger partial charge in [0, 0.05) is 20.8 Å². The number of hydrogen-bond acceptors (Lipinski definition) is 4. The van der Waals surface area contributed by atoms with E-state index in [1.807, 2.05) is 0 Å².